The number of morpholine rings is 1. The van der Waals surface area contributed by atoms with E-state index >= 15 is 0 Å². The van der Waals surface area contributed by atoms with E-state index < -0.39 is 5.82 Å². The van der Waals surface area contributed by atoms with E-state index in [9.17, 15) is 4.39 Å². The highest BCUT2D eigenvalue weighted by Gasteiger charge is 2.17. The normalized spacial score (nSPS) is 15.1. The molecule has 1 aromatic carbocycles. The zero-order valence-electron chi connectivity index (χ0n) is 12.9. The number of aryl methyl sites for hydroxylation is 1. The maximum Gasteiger partial charge on any atom is 0.245 e. The molecule has 0 unspecified atom stereocenters. The van der Waals surface area contributed by atoms with E-state index in [4.69, 9.17) is 4.74 Å². The molecule has 1 N–H and O–H groups in total. The fourth-order valence-electron chi connectivity index (χ4n) is 2.30. The molecule has 1 aromatic heterocycles. The van der Waals surface area contributed by atoms with E-state index in [2.05, 4.69) is 20.5 Å². The molecule has 0 bridgehead atoms. The lowest BCUT2D eigenvalue weighted by Crippen LogP contribution is -2.37. The third kappa shape index (κ3) is 3.81. The largest absolute Gasteiger partial charge is 0.378 e. The molecule has 0 saturated carbocycles. The highest BCUT2D eigenvalue weighted by Crippen LogP contribution is 2.18. The minimum atomic E-state index is -0.444. The summed E-state index contributed by atoms with van der Waals surface area (Å²) < 4.78 is 19.2. The molecule has 2 aromatic rings. The minimum absolute atomic E-state index is 0.262. The van der Waals surface area contributed by atoms with Gasteiger partial charge in [-0.25, -0.2) is 14.8 Å². The van der Waals surface area contributed by atoms with Crippen molar-refractivity contribution in [2.24, 2.45) is 5.10 Å². The van der Waals surface area contributed by atoms with Crippen molar-refractivity contribution in [1.29, 1.82) is 0 Å². The Kier molecular flexibility index (Phi) is 4.77. The molecule has 0 spiro atoms. The Balaban J connectivity index is 1.72. The Labute approximate surface area is 134 Å². The molecule has 23 heavy (non-hydrogen) atoms. The molecule has 0 radical (unpaired) electrons. The van der Waals surface area contributed by atoms with Crippen LogP contribution in [-0.2, 0) is 4.74 Å². The van der Waals surface area contributed by atoms with Crippen molar-refractivity contribution >= 4 is 18.0 Å². The summed E-state index contributed by atoms with van der Waals surface area (Å²) >= 11 is 0. The standard InChI is InChI=1S/C16H18FN5O/c1-12-4-2-3-5-13(12)10-19-21-16-18-11-14(17)15(20-16)22-6-8-23-9-7-22/h2-5,10-11H,6-9H2,1H3,(H,18,20,21)/b19-10-. The number of nitrogens with zero attached hydrogens (tertiary/aromatic N) is 4. The van der Waals surface area contributed by atoms with E-state index in [-0.39, 0.29) is 11.8 Å². The third-order valence-electron chi connectivity index (χ3n) is 3.59. The highest BCUT2D eigenvalue weighted by molar-refractivity contribution is 5.81. The number of benzene rings is 1. The summed E-state index contributed by atoms with van der Waals surface area (Å²) in [4.78, 5) is 9.97. The van der Waals surface area contributed by atoms with Gasteiger partial charge in [-0.1, -0.05) is 24.3 Å². The van der Waals surface area contributed by atoms with Crippen LogP contribution in [0.1, 0.15) is 11.1 Å². The number of hydrogen-bond donors (Lipinski definition) is 1. The number of hydrazone groups is 1. The van der Waals surface area contributed by atoms with Crippen LogP contribution >= 0.6 is 0 Å². The second-order valence-corrected chi connectivity index (χ2v) is 5.19. The highest BCUT2D eigenvalue weighted by atomic mass is 19.1. The van der Waals surface area contributed by atoms with E-state index in [1.807, 2.05) is 36.1 Å². The van der Waals surface area contributed by atoms with Gasteiger partial charge in [-0.15, -0.1) is 0 Å². The summed E-state index contributed by atoms with van der Waals surface area (Å²) in [5.41, 5.74) is 4.86. The number of halogens is 1. The number of anilines is 2. The van der Waals surface area contributed by atoms with Crippen molar-refractivity contribution in [3.05, 3.63) is 47.4 Å². The summed E-state index contributed by atoms with van der Waals surface area (Å²) in [6, 6.07) is 7.88. The van der Waals surface area contributed by atoms with E-state index in [1.54, 1.807) is 6.21 Å². The van der Waals surface area contributed by atoms with Gasteiger partial charge in [0.1, 0.15) is 0 Å². The van der Waals surface area contributed by atoms with Crippen LogP contribution in [-0.4, -0.2) is 42.5 Å². The van der Waals surface area contributed by atoms with Crippen molar-refractivity contribution in [2.45, 2.75) is 6.92 Å². The Hall–Kier alpha value is -2.54. The van der Waals surface area contributed by atoms with Crippen LogP contribution in [0.25, 0.3) is 0 Å². The molecule has 1 aliphatic heterocycles. The van der Waals surface area contributed by atoms with E-state index in [1.165, 1.54) is 0 Å². The van der Waals surface area contributed by atoms with Gasteiger partial charge in [-0.05, 0) is 18.1 Å². The predicted octanol–water partition coefficient (Wildman–Crippen LogP) is 2.21. The molecule has 1 saturated heterocycles. The number of rotatable bonds is 4. The van der Waals surface area contributed by atoms with Crippen LogP contribution in [0.5, 0.6) is 0 Å². The summed E-state index contributed by atoms with van der Waals surface area (Å²) in [6.45, 7) is 4.36. The first kappa shape index (κ1) is 15.4. The predicted molar refractivity (Wildman–Crippen MR) is 87.4 cm³/mol. The molecule has 0 amide bonds. The van der Waals surface area contributed by atoms with Crippen LogP contribution in [0.4, 0.5) is 16.2 Å². The van der Waals surface area contributed by atoms with Gasteiger partial charge in [-0.2, -0.15) is 10.1 Å². The average Bonchev–Trinajstić information content (AvgIpc) is 2.59. The average molecular weight is 315 g/mol. The molecular formula is C16H18FN5O. The van der Waals surface area contributed by atoms with Gasteiger partial charge < -0.3 is 9.64 Å². The van der Waals surface area contributed by atoms with Crippen LogP contribution in [0.3, 0.4) is 0 Å². The van der Waals surface area contributed by atoms with Crippen LogP contribution < -0.4 is 10.3 Å². The van der Waals surface area contributed by atoms with Gasteiger partial charge in [0.15, 0.2) is 11.6 Å². The van der Waals surface area contributed by atoms with Gasteiger partial charge in [0, 0.05) is 13.1 Å². The van der Waals surface area contributed by atoms with Crippen molar-refractivity contribution in [3.63, 3.8) is 0 Å². The summed E-state index contributed by atoms with van der Waals surface area (Å²) in [5.74, 6) is 0.0925. The Morgan fingerprint density at radius 1 is 1.30 bits per heavy atom. The van der Waals surface area contributed by atoms with Crippen molar-refractivity contribution < 1.29 is 9.13 Å². The molecule has 0 aliphatic carbocycles. The number of ether oxygens (including phenoxy) is 1. The quantitative estimate of drug-likeness (QED) is 0.692. The minimum Gasteiger partial charge on any atom is -0.378 e. The zero-order valence-corrected chi connectivity index (χ0v) is 12.9. The molecule has 1 aliphatic rings. The lowest BCUT2D eigenvalue weighted by molar-refractivity contribution is 0.122. The second kappa shape index (κ2) is 7.15. The molecule has 1 fully saturated rings. The Morgan fingerprint density at radius 2 is 2.09 bits per heavy atom. The molecule has 6 nitrogen and oxygen atoms in total. The van der Waals surface area contributed by atoms with E-state index in [0.29, 0.717) is 26.3 Å². The van der Waals surface area contributed by atoms with Gasteiger partial charge in [0.2, 0.25) is 5.95 Å². The molecule has 120 valence electrons. The Bertz CT molecular complexity index is 701. The first-order valence-electron chi connectivity index (χ1n) is 7.44. The maximum atomic E-state index is 13.9. The lowest BCUT2D eigenvalue weighted by atomic mass is 10.1. The molecule has 7 heteroatoms. The van der Waals surface area contributed by atoms with E-state index in [0.717, 1.165) is 17.3 Å². The SMILES string of the molecule is Cc1ccccc1/C=N\Nc1ncc(F)c(N2CCOCC2)n1. The molecular weight excluding hydrogens is 297 g/mol. The number of aromatic nitrogens is 2. The van der Waals surface area contributed by atoms with Gasteiger partial charge >= 0.3 is 0 Å². The fourth-order valence-corrected chi connectivity index (χ4v) is 2.30. The van der Waals surface area contributed by atoms with Gasteiger partial charge in [-0.3, -0.25) is 0 Å². The third-order valence-corrected chi connectivity index (χ3v) is 3.59. The van der Waals surface area contributed by atoms with Crippen molar-refractivity contribution in [1.82, 2.24) is 9.97 Å². The van der Waals surface area contributed by atoms with Crippen LogP contribution in [0, 0.1) is 12.7 Å². The summed E-state index contributed by atoms with van der Waals surface area (Å²) in [6.07, 6.45) is 2.85. The van der Waals surface area contributed by atoms with Crippen molar-refractivity contribution in [3.8, 4) is 0 Å². The summed E-state index contributed by atoms with van der Waals surface area (Å²) in [7, 11) is 0. The Morgan fingerprint density at radius 3 is 2.87 bits per heavy atom. The molecule has 2 heterocycles. The topological polar surface area (TPSA) is 62.6 Å². The second-order valence-electron chi connectivity index (χ2n) is 5.19. The van der Waals surface area contributed by atoms with Gasteiger partial charge in [0.25, 0.3) is 0 Å². The fraction of sp³-hybridized carbons (Fsp3) is 0.312. The number of hydrogen-bond acceptors (Lipinski definition) is 6. The first-order valence-corrected chi connectivity index (χ1v) is 7.44. The molecule has 3 rings (SSSR count). The van der Waals surface area contributed by atoms with Crippen LogP contribution in [0.2, 0.25) is 0 Å². The van der Waals surface area contributed by atoms with Crippen LogP contribution in [0.15, 0.2) is 35.6 Å². The van der Waals surface area contributed by atoms with Gasteiger partial charge in [0.05, 0.1) is 25.6 Å². The van der Waals surface area contributed by atoms with Crippen molar-refractivity contribution in [2.75, 3.05) is 36.6 Å². The monoisotopic (exact) mass is 315 g/mol. The summed E-state index contributed by atoms with van der Waals surface area (Å²) in [5, 5.41) is 4.12. The molecule has 0 atom stereocenters. The zero-order chi connectivity index (χ0) is 16.1. The lowest BCUT2D eigenvalue weighted by Gasteiger charge is -2.27. The first-order chi connectivity index (χ1) is 11.2. The smallest absolute Gasteiger partial charge is 0.245 e. The number of nitrogens with one attached hydrogen (secondary N) is 1. The maximum absolute atomic E-state index is 13.9.